The third-order valence-electron chi connectivity index (χ3n) is 4.96. The van der Waals surface area contributed by atoms with Crippen LogP contribution in [0.4, 0.5) is 0 Å². The molecule has 0 unspecified atom stereocenters. The number of nitrogens with zero attached hydrogens (tertiary/aromatic N) is 1. The first-order chi connectivity index (χ1) is 11.5. The maximum Gasteiger partial charge on any atom is 0.309 e. The number of aromatic nitrogens is 1. The number of esters is 1. The van der Waals surface area contributed by atoms with Crippen molar-refractivity contribution < 1.29 is 14.3 Å². The monoisotopic (exact) mass is 328 g/mol. The molecule has 0 bridgehead atoms. The highest BCUT2D eigenvalue weighted by atomic mass is 16.5. The molecule has 1 aromatic carbocycles. The van der Waals surface area contributed by atoms with E-state index in [2.05, 4.69) is 11.9 Å². The van der Waals surface area contributed by atoms with Gasteiger partial charge in [0.25, 0.3) is 5.91 Å². The van der Waals surface area contributed by atoms with E-state index in [1.165, 1.54) is 5.56 Å². The Labute approximate surface area is 142 Å². The van der Waals surface area contributed by atoms with Crippen LogP contribution in [0.2, 0.25) is 0 Å². The molecule has 1 aliphatic rings. The Morgan fingerprint density at radius 1 is 1.25 bits per heavy atom. The fourth-order valence-corrected chi connectivity index (χ4v) is 3.36. The average Bonchev–Trinajstić information content (AvgIpc) is 2.88. The van der Waals surface area contributed by atoms with E-state index in [0.717, 1.165) is 16.6 Å². The quantitative estimate of drug-likeness (QED) is 0.880. The van der Waals surface area contributed by atoms with Crippen LogP contribution < -0.4 is 0 Å². The number of likely N-dealkylation sites (tertiary alicyclic amines) is 1. The number of carbonyl (C=O) groups excluding carboxylic acids is 2. The molecule has 0 saturated carbocycles. The molecule has 0 atom stereocenters. The van der Waals surface area contributed by atoms with Crippen LogP contribution in [-0.2, 0) is 9.53 Å². The lowest BCUT2D eigenvalue weighted by atomic mass is 9.96. The second kappa shape index (κ2) is 6.67. The second-order valence-corrected chi connectivity index (χ2v) is 6.45. The number of amides is 1. The molecule has 24 heavy (non-hydrogen) atoms. The van der Waals surface area contributed by atoms with E-state index < -0.39 is 0 Å². The Morgan fingerprint density at radius 3 is 2.62 bits per heavy atom. The van der Waals surface area contributed by atoms with E-state index >= 15 is 0 Å². The maximum atomic E-state index is 12.8. The summed E-state index contributed by atoms with van der Waals surface area (Å²) in [6.07, 6.45) is 1.35. The van der Waals surface area contributed by atoms with E-state index in [4.69, 9.17) is 4.74 Å². The van der Waals surface area contributed by atoms with Crippen molar-refractivity contribution in [1.82, 2.24) is 9.88 Å². The smallest absolute Gasteiger partial charge is 0.309 e. The number of benzene rings is 1. The zero-order valence-corrected chi connectivity index (χ0v) is 14.5. The van der Waals surface area contributed by atoms with Gasteiger partial charge in [0, 0.05) is 35.2 Å². The lowest BCUT2D eigenvalue weighted by molar-refractivity contribution is -0.149. The van der Waals surface area contributed by atoms with Crippen molar-refractivity contribution in [3.05, 3.63) is 35.0 Å². The van der Waals surface area contributed by atoms with Gasteiger partial charge in [-0.15, -0.1) is 0 Å². The molecule has 1 amide bonds. The number of aromatic amines is 1. The molecule has 0 aliphatic carbocycles. The van der Waals surface area contributed by atoms with Crippen molar-refractivity contribution >= 4 is 22.8 Å². The van der Waals surface area contributed by atoms with E-state index in [-0.39, 0.29) is 17.8 Å². The van der Waals surface area contributed by atoms with Crippen molar-refractivity contribution in [1.29, 1.82) is 0 Å². The van der Waals surface area contributed by atoms with Gasteiger partial charge in [0.1, 0.15) is 0 Å². The zero-order chi connectivity index (χ0) is 17.3. The Bertz CT molecular complexity index is 770. The van der Waals surface area contributed by atoms with Gasteiger partial charge in [-0.25, -0.2) is 0 Å². The van der Waals surface area contributed by atoms with Gasteiger partial charge in [0.2, 0.25) is 0 Å². The fraction of sp³-hybridized carbons (Fsp3) is 0.474. The van der Waals surface area contributed by atoms with Crippen LogP contribution in [0, 0.1) is 19.8 Å². The van der Waals surface area contributed by atoms with Crippen LogP contribution in [0.1, 0.15) is 41.4 Å². The van der Waals surface area contributed by atoms with Crippen molar-refractivity contribution in [3.63, 3.8) is 0 Å². The summed E-state index contributed by atoms with van der Waals surface area (Å²) in [7, 11) is 0. The molecular formula is C19H24N2O3. The summed E-state index contributed by atoms with van der Waals surface area (Å²) >= 11 is 0. The number of piperidine rings is 1. The number of carbonyl (C=O) groups is 2. The molecule has 1 fully saturated rings. The first kappa shape index (κ1) is 16.6. The summed E-state index contributed by atoms with van der Waals surface area (Å²) in [5.74, 6) is -0.173. The molecule has 2 aromatic rings. The Morgan fingerprint density at radius 2 is 1.96 bits per heavy atom. The first-order valence-electron chi connectivity index (χ1n) is 8.56. The van der Waals surface area contributed by atoms with Crippen LogP contribution in [0.15, 0.2) is 18.2 Å². The van der Waals surface area contributed by atoms with Crippen LogP contribution >= 0.6 is 0 Å². The van der Waals surface area contributed by atoms with E-state index in [9.17, 15) is 9.59 Å². The van der Waals surface area contributed by atoms with Crippen molar-refractivity contribution in [2.75, 3.05) is 19.7 Å². The minimum absolute atomic E-state index is 0.0393. The molecule has 1 N–H and O–H groups in total. The summed E-state index contributed by atoms with van der Waals surface area (Å²) in [5, 5.41) is 1.10. The molecule has 5 nitrogen and oxygen atoms in total. The minimum Gasteiger partial charge on any atom is -0.466 e. The lowest BCUT2D eigenvalue weighted by Gasteiger charge is -2.31. The fourth-order valence-electron chi connectivity index (χ4n) is 3.36. The average molecular weight is 328 g/mol. The maximum absolute atomic E-state index is 12.8. The third kappa shape index (κ3) is 3.03. The predicted molar refractivity (Wildman–Crippen MR) is 93.0 cm³/mol. The number of nitrogens with one attached hydrogen (secondary N) is 1. The number of rotatable bonds is 3. The summed E-state index contributed by atoms with van der Waals surface area (Å²) < 4.78 is 5.08. The molecule has 3 rings (SSSR count). The molecule has 1 aliphatic heterocycles. The predicted octanol–water partition coefficient (Wildman–Crippen LogP) is 3.20. The normalized spacial score (nSPS) is 15.7. The molecule has 2 heterocycles. The largest absolute Gasteiger partial charge is 0.466 e. The van der Waals surface area contributed by atoms with Gasteiger partial charge in [-0.3, -0.25) is 9.59 Å². The second-order valence-electron chi connectivity index (χ2n) is 6.45. The molecule has 1 saturated heterocycles. The van der Waals surface area contributed by atoms with Crippen LogP contribution in [-0.4, -0.2) is 41.5 Å². The van der Waals surface area contributed by atoms with Gasteiger partial charge in [-0.2, -0.15) is 0 Å². The van der Waals surface area contributed by atoms with E-state index in [0.29, 0.717) is 38.1 Å². The number of hydrogen-bond donors (Lipinski definition) is 1. The Hall–Kier alpha value is -2.30. The highest BCUT2D eigenvalue weighted by Gasteiger charge is 2.28. The van der Waals surface area contributed by atoms with Gasteiger partial charge in [0.05, 0.1) is 12.5 Å². The lowest BCUT2D eigenvalue weighted by Crippen LogP contribution is -2.40. The standard InChI is InChI=1S/C19H24N2O3/c1-4-24-19(23)14-7-9-21(10-8-14)18(22)15-5-6-17-16(11-15)12(2)13(3)20-17/h5-6,11,14,20H,4,7-10H2,1-3H3. The first-order valence-corrected chi connectivity index (χ1v) is 8.56. The number of fused-ring (bicyclic) bond motifs is 1. The van der Waals surface area contributed by atoms with Crippen molar-refractivity contribution in [3.8, 4) is 0 Å². The third-order valence-corrected chi connectivity index (χ3v) is 4.96. The summed E-state index contributed by atoms with van der Waals surface area (Å²) in [4.78, 5) is 29.7. The number of ether oxygens (including phenoxy) is 1. The highest BCUT2D eigenvalue weighted by Crippen LogP contribution is 2.25. The van der Waals surface area contributed by atoms with Crippen LogP contribution in [0.25, 0.3) is 10.9 Å². The van der Waals surface area contributed by atoms with Gasteiger partial charge in [-0.1, -0.05) is 0 Å². The van der Waals surface area contributed by atoms with Crippen molar-refractivity contribution in [2.45, 2.75) is 33.6 Å². The van der Waals surface area contributed by atoms with E-state index in [1.54, 1.807) is 0 Å². The summed E-state index contributed by atoms with van der Waals surface area (Å²) in [6, 6.07) is 5.80. The molecule has 1 aromatic heterocycles. The molecule has 0 spiro atoms. The van der Waals surface area contributed by atoms with Gasteiger partial charge >= 0.3 is 5.97 Å². The van der Waals surface area contributed by atoms with E-state index in [1.807, 2.05) is 36.9 Å². The SMILES string of the molecule is CCOC(=O)C1CCN(C(=O)c2ccc3[nH]c(C)c(C)c3c2)CC1. The number of H-pyrrole nitrogens is 1. The number of aryl methyl sites for hydroxylation is 2. The summed E-state index contributed by atoms with van der Waals surface area (Å²) in [6.45, 7) is 7.53. The van der Waals surface area contributed by atoms with Crippen molar-refractivity contribution in [2.24, 2.45) is 5.92 Å². The van der Waals surface area contributed by atoms with Crippen LogP contribution in [0.3, 0.4) is 0 Å². The van der Waals surface area contributed by atoms with Gasteiger partial charge in [0.15, 0.2) is 0 Å². The van der Waals surface area contributed by atoms with Gasteiger partial charge < -0.3 is 14.6 Å². The molecular weight excluding hydrogens is 304 g/mol. The zero-order valence-electron chi connectivity index (χ0n) is 14.5. The molecule has 5 heteroatoms. The number of hydrogen-bond acceptors (Lipinski definition) is 3. The molecule has 128 valence electrons. The Kier molecular flexibility index (Phi) is 4.60. The highest BCUT2D eigenvalue weighted by molar-refractivity contribution is 5.99. The van der Waals surface area contributed by atoms with Gasteiger partial charge in [-0.05, 0) is 57.4 Å². The van der Waals surface area contributed by atoms with Crippen LogP contribution in [0.5, 0.6) is 0 Å². The Balaban J connectivity index is 1.71. The topological polar surface area (TPSA) is 62.4 Å². The molecule has 0 radical (unpaired) electrons. The minimum atomic E-state index is -0.135. The summed E-state index contributed by atoms with van der Waals surface area (Å²) in [5.41, 5.74) is 4.08.